The summed E-state index contributed by atoms with van der Waals surface area (Å²) in [5.74, 6) is 0. The summed E-state index contributed by atoms with van der Waals surface area (Å²) in [4.78, 5) is 0. The number of benzene rings is 4. The van der Waals surface area contributed by atoms with Gasteiger partial charge in [-0.05, 0) is 44.7 Å². The van der Waals surface area contributed by atoms with Gasteiger partial charge >= 0.3 is 0 Å². The first-order valence-electron chi connectivity index (χ1n) is 8.47. The van der Waals surface area contributed by atoms with E-state index < -0.39 is 0 Å². The van der Waals surface area contributed by atoms with Gasteiger partial charge in [-0.1, -0.05) is 99.6 Å². The molecule has 0 N–H and O–H groups in total. The van der Waals surface area contributed by atoms with Gasteiger partial charge in [0.15, 0.2) is 0 Å². The minimum atomic E-state index is 0.293. The second kappa shape index (κ2) is 6.88. The molecule has 0 amide bonds. The highest BCUT2D eigenvalue weighted by Gasteiger charge is 2.11. The summed E-state index contributed by atoms with van der Waals surface area (Å²) in [6.45, 7) is 6.67. The summed E-state index contributed by atoms with van der Waals surface area (Å²) in [7, 11) is 0. The van der Waals surface area contributed by atoms with Gasteiger partial charge in [-0.2, -0.15) is 0 Å². The molecule has 4 aromatic rings. The van der Waals surface area contributed by atoms with Crippen molar-refractivity contribution in [3.63, 3.8) is 0 Å². The fraction of sp³-hybridized carbons (Fsp3) is 0.167. The zero-order valence-corrected chi connectivity index (χ0v) is 14.7. The molecule has 0 radical (unpaired) electrons. The Morgan fingerprint density at radius 2 is 0.792 bits per heavy atom. The average molecular weight is 312 g/mol. The summed E-state index contributed by atoms with van der Waals surface area (Å²) in [5, 5.41) is 5.25. The standard InChI is InChI=1S/C14H10.C10H14/c1-2-6-12-10-14-8-4-3-7-13(14)9-11(12)5-1;1-10(2,3)9-7-5-4-6-8-9/h1-10H;4-8H,1-3H3. The van der Waals surface area contributed by atoms with Gasteiger partial charge in [-0.15, -0.1) is 0 Å². The Kier molecular flexibility index (Phi) is 4.66. The van der Waals surface area contributed by atoms with Gasteiger partial charge in [-0.25, -0.2) is 0 Å². The molecule has 0 bridgehead atoms. The van der Waals surface area contributed by atoms with Crippen molar-refractivity contribution in [3.8, 4) is 0 Å². The van der Waals surface area contributed by atoms with Crippen LogP contribution in [0.5, 0.6) is 0 Å². The molecular weight excluding hydrogens is 288 g/mol. The van der Waals surface area contributed by atoms with Crippen molar-refractivity contribution in [3.05, 3.63) is 96.6 Å². The van der Waals surface area contributed by atoms with Gasteiger partial charge in [0.1, 0.15) is 0 Å². The van der Waals surface area contributed by atoms with E-state index in [1.807, 2.05) is 0 Å². The molecule has 120 valence electrons. The van der Waals surface area contributed by atoms with Crippen molar-refractivity contribution in [2.75, 3.05) is 0 Å². The first-order chi connectivity index (χ1) is 11.5. The molecule has 4 rings (SSSR count). The van der Waals surface area contributed by atoms with Crippen LogP contribution >= 0.6 is 0 Å². The van der Waals surface area contributed by atoms with Crippen LogP contribution in [0.2, 0.25) is 0 Å². The van der Waals surface area contributed by atoms with Crippen LogP contribution in [0.25, 0.3) is 21.5 Å². The smallest absolute Gasteiger partial charge is 0.0132 e. The fourth-order valence-corrected chi connectivity index (χ4v) is 2.82. The SMILES string of the molecule is CC(C)(C)c1ccccc1.c1ccc2cc3ccccc3cc2c1. The predicted octanol–water partition coefficient (Wildman–Crippen LogP) is 6.98. The molecule has 0 heterocycles. The Morgan fingerprint density at radius 1 is 0.458 bits per heavy atom. The highest BCUT2D eigenvalue weighted by Crippen LogP contribution is 2.22. The lowest BCUT2D eigenvalue weighted by Crippen LogP contribution is -2.10. The summed E-state index contributed by atoms with van der Waals surface area (Å²) in [6.07, 6.45) is 0. The van der Waals surface area contributed by atoms with Gasteiger partial charge in [0, 0.05) is 0 Å². The molecule has 0 atom stereocenters. The van der Waals surface area contributed by atoms with E-state index in [0.29, 0.717) is 5.41 Å². The van der Waals surface area contributed by atoms with Crippen LogP contribution in [0.15, 0.2) is 91.0 Å². The van der Waals surface area contributed by atoms with E-state index in [9.17, 15) is 0 Å². The van der Waals surface area contributed by atoms with Crippen molar-refractivity contribution >= 4 is 21.5 Å². The minimum absolute atomic E-state index is 0.293. The maximum atomic E-state index is 2.24. The molecule has 0 spiro atoms. The lowest BCUT2D eigenvalue weighted by Gasteiger charge is -2.18. The summed E-state index contributed by atoms with van der Waals surface area (Å²) in [6, 6.07) is 32.0. The molecule has 0 aliphatic heterocycles. The average Bonchev–Trinajstić information content (AvgIpc) is 2.60. The van der Waals surface area contributed by atoms with Crippen LogP contribution in [0.1, 0.15) is 26.3 Å². The van der Waals surface area contributed by atoms with E-state index in [1.165, 1.54) is 27.1 Å². The zero-order valence-electron chi connectivity index (χ0n) is 14.7. The van der Waals surface area contributed by atoms with Crippen LogP contribution in [0.4, 0.5) is 0 Å². The van der Waals surface area contributed by atoms with Gasteiger partial charge in [-0.3, -0.25) is 0 Å². The van der Waals surface area contributed by atoms with Crippen molar-refractivity contribution in [1.29, 1.82) is 0 Å². The van der Waals surface area contributed by atoms with Crippen LogP contribution in [-0.4, -0.2) is 0 Å². The van der Waals surface area contributed by atoms with E-state index in [0.717, 1.165) is 0 Å². The normalized spacial score (nSPS) is 11.1. The Labute approximate surface area is 144 Å². The molecular formula is C24H24. The van der Waals surface area contributed by atoms with E-state index in [4.69, 9.17) is 0 Å². The molecule has 0 saturated carbocycles. The molecule has 0 unspecified atom stereocenters. The summed E-state index contributed by atoms with van der Waals surface area (Å²) < 4.78 is 0. The highest BCUT2D eigenvalue weighted by molar-refractivity contribution is 5.98. The van der Waals surface area contributed by atoms with Crippen molar-refractivity contribution < 1.29 is 0 Å². The summed E-state index contributed by atoms with van der Waals surface area (Å²) in [5.41, 5.74) is 1.69. The van der Waals surface area contributed by atoms with Crippen LogP contribution in [0.3, 0.4) is 0 Å². The van der Waals surface area contributed by atoms with Gasteiger partial charge in [0.25, 0.3) is 0 Å². The molecule has 0 nitrogen and oxygen atoms in total. The van der Waals surface area contributed by atoms with E-state index in [-0.39, 0.29) is 0 Å². The predicted molar refractivity (Wildman–Crippen MR) is 107 cm³/mol. The first-order valence-corrected chi connectivity index (χ1v) is 8.47. The molecule has 0 aliphatic carbocycles. The third-order valence-corrected chi connectivity index (χ3v) is 4.25. The maximum absolute atomic E-state index is 2.24. The minimum Gasteiger partial charge on any atom is -0.0622 e. The Bertz CT molecular complexity index is 823. The lowest BCUT2D eigenvalue weighted by molar-refractivity contribution is 0.590. The number of hydrogen-bond acceptors (Lipinski definition) is 0. The van der Waals surface area contributed by atoms with Crippen LogP contribution < -0.4 is 0 Å². The second-order valence-electron chi connectivity index (χ2n) is 7.16. The van der Waals surface area contributed by atoms with Crippen molar-refractivity contribution in [1.82, 2.24) is 0 Å². The van der Waals surface area contributed by atoms with Gasteiger partial charge in [0.05, 0.1) is 0 Å². The third-order valence-electron chi connectivity index (χ3n) is 4.25. The summed E-state index contributed by atoms with van der Waals surface area (Å²) >= 11 is 0. The molecule has 0 saturated heterocycles. The molecule has 0 fully saturated rings. The number of hydrogen-bond donors (Lipinski definition) is 0. The molecule has 0 aromatic heterocycles. The largest absolute Gasteiger partial charge is 0.0622 e. The van der Waals surface area contributed by atoms with E-state index in [1.54, 1.807) is 0 Å². The van der Waals surface area contributed by atoms with Crippen LogP contribution in [0, 0.1) is 0 Å². The number of fused-ring (bicyclic) bond motifs is 2. The fourth-order valence-electron chi connectivity index (χ4n) is 2.82. The quantitative estimate of drug-likeness (QED) is 0.307. The lowest BCUT2D eigenvalue weighted by atomic mass is 9.87. The highest BCUT2D eigenvalue weighted by atomic mass is 14.2. The van der Waals surface area contributed by atoms with E-state index >= 15 is 0 Å². The van der Waals surface area contributed by atoms with Gasteiger partial charge < -0.3 is 0 Å². The Morgan fingerprint density at radius 3 is 1.08 bits per heavy atom. The van der Waals surface area contributed by atoms with Crippen LogP contribution in [-0.2, 0) is 5.41 Å². The molecule has 0 aliphatic rings. The monoisotopic (exact) mass is 312 g/mol. The Balaban J connectivity index is 0.000000150. The zero-order chi connectivity index (χ0) is 17.0. The third kappa shape index (κ3) is 3.83. The molecule has 24 heavy (non-hydrogen) atoms. The Hall–Kier alpha value is -2.60. The maximum Gasteiger partial charge on any atom is -0.0132 e. The molecule has 4 aromatic carbocycles. The first kappa shape index (κ1) is 16.3. The second-order valence-corrected chi connectivity index (χ2v) is 7.16. The number of rotatable bonds is 0. The molecule has 0 heteroatoms. The van der Waals surface area contributed by atoms with E-state index in [2.05, 4.69) is 112 Å². The van der Waals surface area contributed by atoms with Crippen molar-refractivity contribution in [2.24, 2.45) is 0 Å². The van der Waals surface area contributed by atoms with Gasteiger partial charge in [0.2, 0.25) is 0 Å². The topological polar surface area (TPSA) is 0 Å². The van der Waals surface area contributed by atoms with Crippen molar-refractivity contribution in [2.45, 2.75) is 26.2 Å².